The number of hydrogen-bond acceptors (Lipinski definition) is 1. The fraction of sp³-hybridized carbons (Fsp3) is 0.0435. The van der Waals surface area contributed by atoms with Crippen molar-refractivity contribution in [3.05, 3.63) is 97.6 Å². The van der Waals surface area contributed by atoms with Crippen LogP contribution in [0.5, 0.6) is 0 Å². The summed E-state index contributed by atoms with van der Waals surface area (Å²) in [4.78, 5) is 0. The van der Waals surface area contributed by atoms with Crippen LogP contribution in [0.2, 0.25) is 0 Å². The number of rotatable bonds is 5. The van der Waals surface area contributed by atoms with Crippen LogP contribution >= 0.6 is 0 Å². The maximum atomic E-state index is 6.36. The van der Waals surface area contributed by atoms with Crippen LogP contribution in [0, 0.1) is 0 Å². The zero-order valence-corrected chi connectivity index (χ0v) is 15.0. The van der Waals surface area contributed by atoms with Gasteiger partial charge in [0.2, 0.25) is 0 Å². The van der Waals surface area contributed by atoms with Crippen molar-refractivity contribution in [2.45, 2.75) is 0 Å². The number of benzene rings is 4. The van der Waals surface area contributed by atoms with E-state index in [4.69, 9.17) is 4.43 Å². The van der Waals surface area contributed by atoms with Crippen molar-refractivity contribution in [2.75, 3.05) is 6.61 Å². The molecule has 1 radical (unpaired) electrons. The smallest absolute Gasteiger partial charge is 0.284 e. The van der Waals surface area contributed by atoms with Gasteiger partial charge in [-0.25, -0.2) is 0 Å². The van der Waals surface area contributed by atoms with Gasteiger partial charge in [-0.05, 0) is 31.9 Å². The van der Waals surface area contributed by atoms with Gasteiger partial charge in [-0.1, -0.05) is 91.0 Å². The Hall–Kier alpha value is -2.68. The van der Waals surface area contributed by atoms with Gasteiger partial charge < -0.3 is 4.43 Å². The van der Waals surface area contributed by atoms with Crippen LogP contribution in [0.15, 0.2) is 97.6 Å². The van der Waals surface area contributed by atoms with Gasteiger partial charge in [0, 0.05) is 0 Å². The lowest BCUT2D eigenvalue weighted by Crippen LogP contribution is -2.45. The molecular weight excluding hydrogens is 320 g/mol. The van der Waals surface area contributed by atoms with E-state index in [-0.39, 0.29) is 0 Å². The molecule has 0 fully saturated rings. The largest absolute Gasteiger partial charge is 0.404 e. The molecule has 0 N–H and O–H groups in total. The van der Waals surface area contributed by atoms with E-state index in [2.05, 4.69) is 91.5 Å². The van der Waals surface area contributed by atoms with E-state index in [0.29, 0.717) is 6.61 Å². The minimum Gasteiger partial charge on any atom is -0.404 e. The lowest BCUT2D eigenvalue weighted by Gasteiger charge is -2.19. The van der Waals surface area contributed by atoms with Crippen LogP contribution in [0.1, 0.15) is 0 Å². The SMILES string of the molecule is C=CCO[Si](c1cccc2ccccc12)c1cccc2ccccc12. The predicted octanol–water partition coefficient (Wildman–Crippen LogP) is 4.30. The molecular formula is C23H19OSi. The van der Waals surface area contributed by atoms with Crippen molar-refractivity contribution < 1.29 is 4.43 Å². The van der Waals surface area contributed by atoms with E-state index in [1.165, 1.54) is 31.9 Å². The fourth-order valence-electron chi connectivity index (χ4n) is 3.29. The molecule has 0 aliphatic rings. The first-order chi connectivity index (χ1) is 12.4. The van der Waals surface area contributed by atoms with Crippen molar-refractivity contribution in [3.63, 3.8) is 0 Å². The van der Waals surface area contributed by atoms with E-state index in [0.717, 1.165) is 0 Å². The highest BCUT2D eigenvalue weighted by Crippen LogP contribution is 2.16. The van der Waals surface area contributed by atoms with Crippen LogP contribution in [0.4, 0.5) is 0 Å². The number of hydrogen-bond donors (Lipinski definition) is 0. The maximum Gasteiger partial charge on any atom is 0.284 e. The van der Waals surface area contributed by atoms with E-state index < -0.39 is 9.04 Å². The molecule has 0 unspecified atom stereocenters. The first-order valence-electron chi connectivity index (χ1n) is 8.45. The van der Waals surface area contributed by atoms with Gasteiger partial charge in [0.15, 0.2) is 0 Å². The molecule has 0 aliphatic carbocycles. The molecule has 0 saturated heterocycles. The van der Waals surface area contributed by atoms with Crippen molar-refractivity contribution >= 4 is 41.0 Å². The molecule has 0 heterocycles. The van der Waals surface area contributed by atoms with Gasteiger partial charge in [0.1, 0.15) is 0 Å². The lowest BCUT2D eigenvalue weighted by atomic mass is 10.1. The summed E-state index contributed by atoms with van der Waals surface area (Å²) in [6.07, 6.45) is 1.83. The summed E-state index contributed by atoms with van der Waals surface area (Å²) < 4.78 is 6.36. The predicted molar refractivity (Wildman–Crippen MR) is 109 cm³/mol. The van der Waals surface area contributed by atoms with Crippen molar-refractivity contribution in [2.24, 2.45) is 0 Å². The van der Waals surface area contributed by atoms with Crippen LogP contribution in [-0.4, -0.2) is 15.6 Å². The van der Waals surface area contributed by atoms with Crippen LogP contribution in [-0.2, 0) is 4.43 Å². The molecule has 1 nitrogen and oxygen atoms in total. The summed E-state index contributed by atoms with van der Waals surface area (Å²) in [5, 5.41) is 7.64. The molecule has 4 aromatic rings. The summed E-state index contributed by atoms with van der Waals surface area (Å²) in [6.45, 7) is 4.39. The maximum absolute atomic E-state index is 6.36. The first-order valence-corrected chi connectivity index (χ1v) is 9.86. The summed E-state index contributed by atoms with van der Waals surface area (Å²) in [5.74, 6) is 0. The minimum atomic E-state index is -1.38. The molecule has 0 aliphatic heterocycles. The quantitative estimate of drug-likeness (QED) is 0.389. The third-order valence-electron chi connectivity index (χ3n) is 4.41. The molecule has 0 bridgehead atoms. The highest BCUT2D eigenvalue weighted by molar-refractivity contribution is 6.83. The molecule has 0 atom stereocenters. The molecule has 25 heavy (non-hydrogen) atoms. The molecule has 4 rings (SSSR count). The standard InChI is InChI=1S/C23H19OSi/c1-2-17-24-25(22-15-7-11-18-9-3-5-13-20(18)22)23-16-8-12-19-10-4-6-14-21(19)23/h2-16H,1,17H2. The molecule has 121 valence electrons. The molecule has 4 aromatic carbocycles. The fourth-order valence-corrected chi connectivity index (χ4v) is 5.62. The average Bonchev–Trinajstić information content (AvgIpc) is 2.68. The summed E-state index contributed by atoms with van der Waals surface area (Å²) >= 11 is 0. The molecule has 0 aromatic heterocycles. The molecule has 0 spiro atoms. The van der Waals surface area contributed by atoms with Gasteiger partial charge in [-0.2, -0.15) is 0 Å². The lowest BCUT2D eigenvalue weighted by molar-refractivity contribution is 0.383. The molecule has 2 heteroatoms. The van der Waals surface area contributed by atoms with Crippen LogP contribution < -0.4 is 10.4 Å². The molecule has 0 amide bonds. The second-order valence-electron chi connectivity index (χ2n) is 5.98. The van der Waals surface area contributed by atoms with Gasteiger partial charge in [0.25, 0.3) is 9.04 Å². The Kier molecular flexibility index (Phi) is 4.46. The van der Waals surface area contributed by atoms with Crippen molar-refractivity contribution in [3.8, 4) is 0 Å². The van der Waals surface area contributed by atoms with Gasteiger partial charge in [-0.3, -0.25) is 0 Å². The normalized spacial score (nSPS) is 11.2. The monoisotopic (exact) mass is 339 g/mol. The van der Waals surface area contributed by atoms with Crippen molar-refractivity contribution in [1.82, 2.24) is 0 Å². The zero-order chi connectivity index (χ0) is 17.1. The van der Waals surface area contributed by atoms with E-state index in [1.807, 2.05) is 6.08 Å². The molecule has 0 saturated carbocycles. The highest BCUT2D eigenvalue weighted by atomic mass is 28.3. The summed E-state index contributed by atoms with van der Waals surface area (Å²) in [6, 6.07) is 30.1. The van der Waals surface area contributed by atoms with Gasteiger partial charge in [0.05, 0.1) is 6.61 Å². The van der Waals surface area contributed by atoms with Crippen molar-refractivity contribution in [1.29, 1.82) is 0 Å². The third kappa shape index (κ3) is 3.02. The Morgan fingerprint density at radius 3 is 1.68 bits per heavy atom. The van der Waals surface area contributed by atoms with Gasteiger partial charge >= 0.3 is 0 Å². The minimum absolute atomic E-state index is 0.556. The van der Waals surface area contributed by atoms with Crippen LogP contribution in [0.25, 0.3) is 21.5 Å². The average molecular weight is 339 g/mol. The zero-order valence-electron chi connectivity index (χ0n) is 14.0. The second-order valence-corrected chi connectivity index (χ2v) is 8.01. The topological polar surface area (TPSA) is 9.23 Å². The van der Waals surface area contributed by atoms with E-state index in [9.17, 15) is 0 Å². The summed E-state index contributed by atoms with van der Waals surface area (Å²) in [5.41, 5.74) is 0. The first kappa shape index (κ1) is 15.8. The Morgan fingerprint density at radius 1 is 0.680 bits per heavy atom. The Balaban J connectivity index is 1.95. The second kappa shape index (κ2) is 7.05. The van der Waals surface area contributed by atoms with E-state index >= 15 is 0 Å². The Bertz CT molecular complexity index is 948. The van der Waals surface area contributed by atoms with Gasteiger partial charge in [-0.15, -0.1) is 6.58 Å². The van der Waals surface area contributed by atoms with Crippen LogP contribution in [0.3, 0.4) is 0 Å². The van der Waals surface area contributed by atoms with E-state index in [1.54, 1.807) is 0 Å². The Morgan fingerprint density at radius 2 is 1.16 bits per heavy atom. The Labute approximate surface area is 149 Å². The number of fused-ring (bicyclic) bond motifs is 2. The third-order valence-corrected chi connectivity index (χ3v) is 6.72. The summed E-state index contributed by atoms with van der Waals surface area (Å²) in [7, 11) is -1.38. The highest BCUT2D eigenvalue weighted by Gasteiger charge is 2.23.